The summed E-state index contributed by atoms with van der Waals surface area (Å²) >= 11 is 0. The molecule has 1 aromatic carbocycles. The molecule has 1 aliphatic heterocycles. The zero-order chi connectivity index (χ0) is 20.5. The third-order valence-corrected chi connectivity index (χ3v) is 5.88. The molecular formula is C20H28F3N3O2. The highest BCUT2D eigenvalue weighted by atomic mass is 19.4. The van der Waals surface area contributed by atoms with E-state index < -0.39 is 6.36 Å². The molecule has 4 atom stereocenters. The third kappa shape index (κ3) is 4.71. The van der Waals surface area contributed by atoms with E-state index in [0.717, 1.165) is 31.6 Å². The topological polar surface area (TPSA) is 53.6 Å². The number of fused-ring (bicyclic) bond motifs is 1. The van der Waals surface area contributed by atoms with E-state index in [1.54, 1.807) is 19.2 Å². The molecule has 1 amide bonds. The lowest BCUT2D eigenvalue weighted by Crippen LogP contribution is -2.50. The molecule has 1 heterocycles. The molecule has 1 saturated carbocycles. The molecule has 3 rings (SSSR count). The molecule has 0 radical (unpaired) electrons. The summed E-state index contributed by atoms with van der Waals surface area (Å²) in [5.41, 5.74) is 0.879. The van der Waals surface area contributed by atoms with E-state index >= 15 is 0 Å². The number of halogens is 3. The van der Waals surface area contributed by atoms with Crippen LogP contribution >= 0.6 is 0 Å². The first kappa shape index (κ1) is 20.8. The number of rotatable bonds is 6. The molecule has 156 valence electrons. The maximum absolute atomic E-state index is 12.6. The van der Waals surface area contributed by atoms with Crippen molar-refractivity contribution in [2.75, 3.05) is 25.0 Å². The molecule has 2 aliphatic rings. The third-order valence-electron chi connectivity index (χ3n) is 5.88. The maximum atomic E-state index is 12.6. The average molecular weight is 399 g/mol. The Morgan fingerprint density at radius 3 is 2.43 bits per heavy atom. The number of likely N-dealkylation sites (N-methyl/N-ethyl adjacent to an activating group) is 1. The van der Waals surface area contributed by atoms with Gasteiger partial charge in [0.15, 0.2) is 0 Å². The van der Waals surface area contributed by atoms with Crippen LogP contribution in [0.5, 0.6) is 5.75 Å². The summed E-state index contributed by atoms with van der Waals surface area (Å²) in [6.07, 6.45) is -2.66. The van der Waals surface area contributed by atoms with Crippen LogP contribution in [-0.4, -0.2) is 44.5 Å². The Kier molecular flexibility index (Phi) is 6.07. The van der Waals surface area contributed by atoms with Gasteiger partial charge in [-0.25, -0.2) is 0 Å². The van der Waals surface area contributed by atoms with E-state index in [4.69, 9.17) is 0 Å². The fourth-order valence-corrected chi connectivity index (χ4v) is 4.55. The van der Waals surface area contributed by atoms with E-state index in [2.05, 4.69) is 20.3 Å². The van der Waals surface area contributed by atoms with Crippen molar-refractivity contribution in [2.45, 2.75) is 45.1 Å². The molecule has 2 N–H and O–H groups in total. The molecular weight excluding hydrogens is 371 g/mol. The van der Waals surface area contributed by atoms with Crippen molar-refractivity contribution in [3.8, 4) is 5.75 Å². The summed E-state index contributed by atoms with van der Waals surface area (Å²) in [6.45, 7) is 5.68. The highest BCUT2D eigenvalue weighted by Gasteiger charge is 2.43. The first-order chi connectivity index (χ1) is 13.2. The number of ether oxygens (including phenoxy) is 1. The van der Waals surface area contributed by atoms with Crippen LogP contribution in [0.3, 0.4) is 0 Å². The lowest BCUT2D eigenvalue weighted by atomic mass is 9.97. The summed E-state index contributed by atoms with van der Waals surface area (Å²) in [5, 5.41) is 6.29. The van der Waals surface area contributed by atoms with Crippen LogP contribution in [0.2, 0.25) is 0 Å². The van der Waals surface area contributed by atoms with Crippen molar-refractivity contribution < 1.29 is 22.7 Å². The Morgan fingerprint density at radius 2 is 1.86 bits per heavy atom. The maximum Gasteiger partial charge on any atom is 0.573 e. The quantitative estimate of drug-likeness (QED) is 0.772. The minimum absolute atomic E-state index is 0.0373. The summed E-state index contributed by atoms with van der Waals surface area (Å²) in [6, 6.07) is 5.94. The van der Waals surface area contributed by atoms with Crippen LogP contribution in [0, 0.1) is 17.8 Å². The van der Waals surface area contributed by atoms with E-state index in [-0.39, 0.29) is 29.7 Å². The van der Waals surface area contributed by atoms with Gasteiger partial charge in [0.2, 0.25) is 5.91 Å². The van der Waals surface area contributed by atoms with Gasteiger partial charge >= 0.3 is 6.36 Å². The number of amides is 1. The molecule has 2 fully saturated rings. The number of hydrogen-bond donors (Lipinski definition) is 2. The van der Waals surface area contributed by atoms with Crippen molar-refractivity contribution in [3.63, 3.8) is 0 Å². The van der Waals surface area contributed by atoms with Crippen LogP contribution in [0.15, 0.2) is 24.3 Å². The van der Waals surface area contributed by atoms with E-state index in [1.165, 1.54) is 12.1 Å². The van der Waals surface area contributed by atoms with Crippen molar-refractivity contribution in [1.29, 1.82) is 0 Å². The number of hydrogen-bond acceptors (Lipinski definition) is 4. The molecule has 1 aromatic rings. The van der Waals surface area contributed by atoms with Gasteiger partial charge in [0.05, 0.1) is 6.04 Å². The summed E-state index contributed by atoms with van der Waals surface area (Å²) < 4.78 is 40.9. The second-order valence-electron chi connectivity index (χ2n) is 8.07. The number of nitrogens with one attached hydrogen (secondary N) is 2. The minimum Gasteiger partial charge on any atom is -0.406 e. The van der Waals surface area contributed by atoms with Crippen molar-refractivity contribution in [2.24, 2.45) is 17.8 Å². The zero-order valence-corrected chi connectivity index (χ0v) is 16.4. The first-order valence-corrected chi connectivity index (χ1v) is 9.76. The fraction of sp³-hybridized carbons (Fsp3) is 0.650. The van der Waals surface area contributed by atoms with Crippen molar-refractivity contribution in [3.05, 3.63) is 24.3 Å². The summed E-state index contributed by atoms with van der Waals surface area (Å²) in [4.78, 5) is 14.8. The van der Waals surface area contributed by atoms with Gasteiger partial charge in [-0.2, -0.15) is 0 Å². The molecule has 0 spiro atoms. The van der Waals surface area contributed by atoms with Gasteiger partial charge < -0.3 is 20.3 Å². The number of nitrogens with zero attached hydrogens (tertiary/aromatic N) is 1. The predicted octanol–water partition coefficient (Wildman–Crippen LogP) is 3.16. The Bertz CT molecular complexity index is 678. The summed E-state index contributed by atoms with van der Waals surface area (Å²) in [5.74, 6) is 0.880. The van der Waals surface area contributed by atoms with E-state index in [9.17, 15) is 18.0 Å². The molecule has 0 aromatic heterocycles. The molecule has 0 bridgehead atoms. The lowest BCUT2D eigenvalue weighted by Gasteiger charge is -2.26. The predicted molar refractivity (Wildman–Crippen MR) is 101 cm³/mol. The monoisotopic (exact) mass is 399 g/mol. The smallest absolute Gasteiger partial charge is 0.406 e. The Hall–Kier alpha value is -1.96. The van der Waals surface area contributed by atoms with Crippen LogP contribution < -0.4 is 20.3 Å². The molecule has 28 heavy (non-hydrogen) atoms. The van der Waals surface area contributed by atoms with Crippen molar-refractivity contribution in [1.82, 2.24) is 10.6 Å². The standard InChI is InChI=1S/C20H28F3N3O2/c1-12(2)18(24-3)19(27)25-17-9-4-13-10-26(11-16(13)17)14-5-7-15(8-6-14)28-20(21,22)23/h5-8,12-13,16-18,24H,4,9-11H2,1-3H3,(H,25,27)/t13-,16+,17+,18+/m1/s1. The summed E-state index contributed by atoms with van der Waals surface area (Å²) in [7, 11) is 1.80. The largest absolute Gasteiger partial charge is 0.573 e. The lowest BCUT2D eigenvalue weighted by molar-refractivity contribution is -0.274. The normalized spacial score (nSPS) is 25.7. The second-order valence-corrected chi connectivity index (χ2v) is 8.07. The van der Waals surface area contributed by atoms with Gasteiger partial charge in [0, 0.05) is 30.7 Å². The highest BCUT2D eigenvalue weighted by molar-refractivity contribution is 5.82. The number of anilines is 1. The molecule has 0 unspecified atom stereocenters. The van der Waals surface area contributed by atoms with Gasteiger partial charge in [-0.1, -0.05) is 13.8 Å². The highest BCUT2D eigenvalue weighted by Crippen LogP contribution is 2.40. The van der Waals surface area contributed by atoms with Gasteiger partial charge in [-0.15, -0.1) is 13.2 Å². The van der Waals surface area contributed by atoms with Gasteiger partial charge in [-0.3, -0.25) is 4.79 Å². The average Bonchev–Trinajstić information content (AvgIpc) is 3.16. The molecule has 1 aliphatic carbocycles. The Balaban J connectivity index is 1.60. The first-order valence-electron chi connectivity index (χ1n) is 9.76. The number of benzene rings is 1. The van der Waals surface area contributed by atoms with Crippen LogP contribution in [0.25, 0.3) is 0 Å². The number of carbonyl (C=O) groups is 1. The second kappa shape index (κ2) is 8.19. The van der Waals surface area contributed by atoms with Crippen LogP contribution in [0.1, 0.15) is 26.7 Å². The molecule has 8 heteroatoms. The SMILES string of the molecule is CN[C@H](C(=O)N[C@H]1CC[C@@H]2CN(c3ccc(OC(F)(F)F)cc3)C[C@@H]21)C(C)C. The van der Waals surface area contributed by atoms with Crippen LogP contribution in [-0.2, 0) is 4.79 Å². The van der Waals surface area contributed by atoms with Crippen molar-refractivity contribution >= 4 is 11.6 Å². The Labute approximate surface area is 163 Å². The zero-order valence-electron chi connectivity index (χ0n) is 16.4. The molecule has 5 nitrogen and oxygen atoms in total. The van der Waals surface area contributed by atoms with Crippen LogP contribution in [0.4, 0.5) is 18.9 Å². The number of carbonyl (C=O) groups excluding carboxylic acids is 1. The minimum atomic E-state index is -4.68. The van der Waals surface area contributed by atoms with E-state index in [0.29, 0.717) is 11.8 Å². The van der Waals surface area contributed by atoms with E-state index in [1.807, 2.05) is 13.8 Å². The fourth-order valence-electron chi connectivity index (χ4n) is 4.55. The molecule has 1 saturated heterocycles. The number of alkyl halides is 3. The van der Waals surface area contributed by atoms with Gasteiger partial charge in [0.1, 0.15) is 5.75 Å². The Morgan fingerprint density at radius 1 is 1.18 bits per heavy atom. The van der Waals surface area contributed by atoms with Gasteiger partial charge in [-0.05, 0) is 56.0 Å². The van der Waals surface area contributed by atoms with Gasteiger partial charge in [0.25, 0.3) is 0 Å².